The molecule has 0 spiro atoms. The van der Waals surface area contributed by atoms with Crippen LogP contribution in [0, 0.1) is 5.92 Å². The number of aromatic nitrogens is 1. The van der Waals surface area contributed by atoms with Crippen LogP contribution in [-0.4, -0.2) is 36.7 Å². The zero-order chi connectivity index (χ0) is 22.2. The summed E-state index contributed by atoms with van der Waals surface area (Å²) in [6, 6.07) is 7.75. The van der Waals surface area contributed by atoms with Crippen molar-refractivity contribution in [2.75, 3.05) is 18.4 Å². The average molecular weight is 537 g/mol. The first-order valence-corrected chi connectivity index (χ1v) is 13.5. The summed E-state index contributed by atoms with van der Waals surface area (Å²) >= 11 is 20.6. The molecule has 1 fully saturated rings. The van der Waals surface area contributed by atoms with E-state index in [9.17, 15) is 13.2 Å². The van der Waals surface area contributed by atoms with Crippen LogP contribution in [0.3, 0.4) is 0 Å². The van der Waals surface area contributed by atoms with Gasteiger partial charge in [0.1, 0.15) is 4.34 Å². The highest BCUT2D eigenvalue weighted by atomic mass is 35.5. The average Bonchev–Trinajstić information content (AvgIpc) is 3.33. The summed E-state index contributed by atoms with van der Waals surface area (Å²) in [5.74, 6) is -0.728. The number of piperidine rings is 1. The van der Waals surface area contributed by atoms with Gasteiger partial charge in [0.2, 0.25) is 15.9 Å². The number of thiazole rings is 1. The Hall–Kier alpha value is -1.20. The van der Waals surface area contributed by atoms with Crippen molar-refractivity contribution in [1.29, 1.82) is 0 Å². The molecule has 6 nitrogen and oxygen atoms in total. The Morgan fingerprint density at radius 2 is 1.94 bits per heavy atom. The number of halogens is 3. The minimum absolute atomic E-state index is 0.112. The third-order valence-corrected chi connectivity index (χ3v) is 9.25. The van der Waals surface area contributed by atoms with Gasteiger partial charge >= 0.3 is 0 Å². The summed E-state index contributed by atoms with van der Waals surface area (Å²) < 4.78 is 28.3. The van der Waals surface area contributed by atoms with E-state index < -0.39 is 15.9 Å². The number of benzene rings is 1. The van der Waals surface area contributed by atoms with Gasteiger partial charge in [-0.3, -0.25) is 4.79 Å². The molecule has 1 aliphatic rings. The molecule has 1 atom stereocenters. The number of hydrogen-bond donors (Lipinski definition) is 1. The maximum Gasteiger partial charge on any atom is 0.243 e. The summed E-state index contributed by atoms with van der Waals surface area (Å²) in [5.41, 5.74) is 1.34. The number of nitrogens with one attached hydrogen (secondary N) is 1. The minimum atomic E-state index is -3.70. The first-order chi connectivity index (χ1) is 14.7. The molecule has 12 heteroatoms. The highest BCUT2D eigenvalue weighted by Gasteiger charge is 2.33. The number of nitrogens with zero attached hydrogens (tertiary/aromatic N) is 2. The molecule has 4 rings (SSSR count). The lowest BCUT2D eigenvalue weighted by atomic mass is 9.99. The lowest BCUT2D eigenvalue weighted by Gasteiger charge is -2.31. The van der Waals surface area contributed by atoms with Gasteiger partial charge in [-0.15, -0.1) is 22.7 Å². The first kappa shape index (κ1) is 23.0. The maximum absolute atomic E-state index is 12.9. The number of sulfonamides is 1. The molecular weight excluding hydrogens is 521 g/mol. The summed E-state index contributed by atoms with van der Waals surface area (Å²) in [6.07, 6.45) is 1.19. The standard InChI is InChI=1S/C19H16Cl3N3O3S3/c20-12-3-5-13(6-4-12)31(27,28)25-7-1-2-11(9-25)18(26)24-19-23-15(10-29-19)14-8-16(21)30-17(14)22/h3-6,8,10-11H,1-2,7,9H2,(H,23,24,26). The van der Waals surface area contributed by atoms with Crippen LogP contribution in [0.5, 0.6) is 0 Å². The molecule has 3 aromatic rings. The monoisotopic (exact) mass is 535 g/mol. The van der Waals surface area contributed by atoms with Gasteiger partial charge in [0.15, 0.2) is 5.13 Å². The van der Waals surface area contributed by atoms with E-state index >= 15 is 0 Å². The van der Waals surface area contributed by atoms with Gasteiger partial charge < -0.3 is 5.32 Å². The lowest BCUT2D eigenvalue weighted by molar-refractivity contribution is -0.120. The second-order valence-corrected chi connectivity index (χ2v) is 12.4. The fourth-order valence-corrected chi connectivity index (χ4v) is 7.15. The first-order valence-electron chi connectivity index (χ1n) is 9.21. The number of amides is 1. The number of thiophene rings is 1. The van der Waals surface area contributed by atoms with Gasteiger partial charge in [-0.05, 0) is 43.2 Å². The van der Waals surface area contributed by atoms with Gasteiger partial charge in [-0.25, -0.2) is 13.4 Å². The zero-order valence-electron chi connectivity index (χ0n) is 15.8. The van der Waals surface area contributed by atoms with Crippen molar-refractivity contribution < 1.29 is 13.2 Å². The van der Waals surface area contributed by atoms with Crippen LogP contribution in [0.2, 0.25) is 13.7 Å². The van der Waals surface area contributed by atoms with E-state index in [2.05, 4.69) is 10.3 Å². The fraction of sp³-hybridized carbons (Fsp3) is 0.263. The van der Waals surface area contributed by atoms with Crippen molar-refractivity contribution in [3.05, 3.63) is 49.4 Å². The second-order valence-electron chi connectivity index (χ2n) is 6.92. The Morgan fingerprint density at radius 1 is 1.19 bits per heavy atom. The molecule has 0 saturated carbocycles. The third kappa shape index (κ3) is 5.08. The molecule has 2 aromatic heterocycles. The van der Waals surface area contributed by atoms with E-state index in [1.165, 1.54) is 51.2 Å². The second kappa shape index (κ2) is 9.35. The van der Waals surface area contributed by atoms with Crippen LogP contribution in [0.1, 0.15) is 12.8 Å². The molecule has 0 aliphatic carbocycles. The number of carbonyl (C=O) groups excluding carboxylic acids is 1. The largest absolute Gasteiger partial charge is 0.302 e. The zero-order valence-corrected chi connectivity index (χ0v) is 20.6. The van der Waals surface area contributed by atoms with Crippen molar-refractivity contribution in [3.8, 4) is 11.3 Å². The van der Waals surface area contributed by atoms with E-state index in [1.807, 2.05) is 0 Å². The highest BCUT2D eigenvalue weighted by Crippen LogP contribution is 2.39. The van der Waals surface area contributed by atoms with Crippen LogP contribution < -0.4 is 5.32 Å². The van der Waals surface area contributed by atoms with Crippen molar-refractivity contribution in [3.63, 3.8) is 0 Å². The minimum Gasteiger partial charge on any atom is -0.302 e. The molecule has 1 N–H and O–H groups in total. The van der Waals surface area contributed by atoms with Gasteiger partial charge in [0, 0.05) is 29.1 Å². The molecule has 1 saturated heterocycles. The molecular formula is C19H16Cl3N3O3S3. The van der Waals surface area contributed by atoms with E-state index in [4.69, 9.17) is 34.8 Å². The molecule has 1 amide bonds. The summed E-state index contributed by atoms with van der Waals surface area (Å²) in [5, 5.41) is 5.48. The SMILES string of the molecule is O=C(Nc1nc(-c2cc(Cl)sc2Cl)cs1)C1CCCN(S(=O)(=O)c2ccc(Cl)cc2)C1. The van der Waals surface area contributed by atoms with E-state index in [1.54, 1.807) is 11.4 Å². The quantitative estimate of drug-likeness (QED) is 0.442. The molecule has 1 unspecified atom stereocenters. The van der Waals surface area contributed by atoms with E-state index in [0.29, 0.717) is 49.5 Å². The number of anilines is 1. The number of carbonyl (C=O) groups is 1. The highest BCUT2D eigenvalue weighted by molar-refractivity contribution is 7.89. The van der Waals surface area contributed by atoms with Crippen molar-refractivity contribution in [1.82, 2.24) is 9.29 Å². The van der Waals surface area contributed by atoms with Crippen molar-refractivity contribution >= 4 is 78.5 Å². The Bertz CT molecular complexity index is 1210. The van der Waals surface area contributed by atoms with Gasteiger partial charge in [-0.1, -0.05) is 34.8 Å². The Morgan fingerprint density at radius 3 is 2.61 bits per heavy atom. The Balaban J connectivity index is 1.45. The predicted molar refractivity (Wildman–Crippen MR) is 127 cm³/mol. The number of rotatable bonds is 5. The molecule has 31 heavy (non-hydrogen) atoms. The van der Waals surface area contributed by atoms with Crippen molar-refractivity contribution in [2.24, 2.45) is 5.92 Å². The molecule has 0 bridgehead atoms. The normalized spacial score (nSPS) is 17.6. The Labute approximate surface area is 202 Å². The summed E-state index contributed by atoms with van der Waals surface area (Å²) in [4.78, 5) is 17.4. The fourth-order valence-electron chi connectivity index (χ4n) is 3.31. The third-order valence-electron chi connectivity index (χ3n) is 4.87. The smallest absolute Gasteiger partial charge is 0.243 e. The van der Waals surface area contributed by atoms with Crippen molar-refractivity contribution in [2.45, 2.75) is 17.7 Å². The van der Waals surface area contributed by atoms with Gasteiger partial charge in [0.05, 0.1) is 20.8 Å². The van der Waals surface area contributed by atoms with Crippen LogP contribution in [0.15, 0.2) is 40.6 Å². The molecule has 1 aromatic carbocycles. The van der Waals surface area contributed by atoms with E-state index in [0.717, 1.165) is 0 Å². The molecule has 164 valence electrons. The molecule has 1 aliphatic heterocycles. The Kier molecular flexibility index (Phi) is 6.93. The lowest BCUT2D eigenvalue weighted by Crippen LogP contribution is -2.43. The van der Waals surface area contributed by atoms with Crippen LogP contribution >= 0.6 is 57.5 Å². The summed E-state index contributed by atoms with van der Waals surface area (Å²) in [7, 11) is -3.70. The molecule has 3 heterocycles. The maximum atomic E-state index is 12.9. The number of hydrogen-bond acceptors (Lipinski definition) is 6. The van der Waals surface area contributed by atoms with Gasteiger partial charge in [-0.2, -0.15) is 4.31 Å². The van der Waals surface area contributed by atoms with E-state index in [-0.39, 0.29) is 17.3 Å². The van der Waals surface area contributed by atoms with Gasteiger partial charge in [0.25, 0.3) is 0 Å². The predicted octanol–water partition coefficient (Wildman–Crippen LogP) is 5.87. The van der Waals surface area contributed by atoms with Crippen LogP contribution in [0.25, 0.3) is 11.3 Å². The molecule has 0 radical (unpaired) electrons. The van der Waals surface area contributed by atoms with Crippen LogP contribution in [-0.2, 0) is 14.8 Å². The summed E-state index contributed by atoms with van der Waals surface area (Å²) in [6.45, 7) is 0.481. The van der Waals surface area contributed by atoms with Crippen LogP contribution in [0.4, 0.5) is 5.13 Å². The topological polar surface area (TPSA) is 79.4 Å².